The lowest BCUT2D eigenvalue weighted by Gasteiger charge is -2.17. The normalized spacial score (nSPS) is 11.8. The Labute approximate surface area is 160 Å². The summed E-state index contributed by atoms with van der Waals surface area (Å²) in [4.78, 5) is 23.8. The molecule has 0 saturated heterocycles. The van der Waals surface area contributed by atoms with Crippen LogP contribution in [0.5, 0.6) is 5.88 Å². The molecule has 0 aliphatic carbocycles. The van der Waals surface area contributed by atoms with Crippen LogP contribution >= 0.6 is 0 Å². The molecule has 1 heterocycles. The van der Waals surface area contributed by atoms with Gasteiger partial charge in [0.05, 0.1) is 18.2 Å². The van der Waals surface area contributed by atoms with Crippen molar-refractivity contribution in [2.75, 3.05) is 0 Å². The Balaban J connectivity index is 1.83. The quantitative estimate of drug-likeness (QED) is 0.607. The predicted molar refractivity (Wildman–Crippen MR) is 98.8 cm³/mol. The standard InChI is InChI=1S/C20H18FN3O4/c1-12-2-4-13(5-3-12)16(11-19(26)27)22-20(28)17-10-18(25)24(23-17)15-8-6-14(21)7-9-15/h2-10,16,25H,11H2,1H3,(H,22,28)(H,26,27)/t16-/m0/s1. The Morgan fingerprint density at radius 3 is 2.39 bits per heavy atom. The number of aliphatic carboxylic acids is 1. The fraction of sp³-hybridized carbons (Fsp3) is 0.150. The molecule has 1 aromatic heterocycles. The van der Waals surface area contributed by atoms with Crippen LogP contribution in [0.15, 0.2) is 54.6 Å². The maximum atomic E-state index is 13.1. The zero-order valence-corrected chi connectivity index (χ0v) is 15.0. The van der Waals surface area contributed by atoms with Crippen LogP contribution < -0.4 is 5.32 Å². The third-order valence-electron chi connectivity index (χ3n) is 4.16. The van der Waals surface area contributed by atoms with Crippen LogP contribution in [-0.2, 0) is 4.79 Å². The topological polar surface area (TPSA) is 104 Å². The number of aromatic hydroxyl groups is 1. The minimum Gasteiger partial charge on any atom is -0.493 e. The predicted octanol–water partition coefficient (Wildman–Crippen LogP) is 2.97. The van der Waals surface area contributed by atoms with Crippen molar-refractivity contribution in [3.63, 3.8) is 0 Å². The zero-order valence-electron chi connectivity index (χ0n) is 15.0. The molecule has 3 aromatic rings. The molecule has 8 heteroatoms. The summed E-state index contributed by atoms with van der Waals surface area (Å²) in [6.07, 6.45) is -0.306. The van der Waals surface area contributed by atoms with E-state index in [0.717, 1.165) is 16.3 Å². The number of hydrogen-bond acceptors (Lipinski definition) is 4. The summed E-state index contributed by atoms with van der Waals surface area (Å²) < 4.78 is 14.2. The lowest BCUT2D eigenvalue weighted by molar-refractivity contribution is -0.137. The first-order valence-corrected chi connectivity index (χ1v) is 8.47. The number of carboxylic acid groups (broad SMARTS) is 1. The van der Waals surface area contributed by atoms with E-state index in [2.05, 4.69) is 10.4 Å². The number of aromatic nitrogens is 2. The van der Waals surface area contributed by atoms with Crippen LogP contribution in [0.1, 0.15) is 34.1 Å². The van der Waals surface area contributed by atoms with Crippen molar-refractivity contribution in [1.82, 2.24) is 15.1 Å². The number of nitrogens with zero attached hydrogens (tertiary/aromatic N) is 2. The third-order valence-corrected chi connectivity index (χ3v) is 4.16. The molecule has 7 nitrogen and oxygen atoms in total. The van der Waals surface area contributed by atoms with E-state index in [1.54, 1.807) is 12.1 Å². The molecule has 0 bridgehead atoms. The molecule has 3 N–H and O–H groups in total. The molecule has 0 spiro atoms. The Morgan fingerprint density at radius 1 is 1.14 bits per heavy atom. The largest absolute Gasteiger partial charge is 0.493 e. The van der Waals surface area contributed by atoms with Crippen molar-refractivity contribution < 1.29 is 24.2 Å². The van der Waals surface area contributed by atoms with Gasteiger partial charge in [-0.1, -0.05) is 29.8 Å². The number of hydrogen-bond donors (Lipinski definition) is 3. The van der Waals surface area contributed by atoms with Crippen LogP contribution in [0.2, 0.25) is 0 Å². The van der Waals surface area contributed by atoms with Crippen LogP contribution in [0.25, 0.3) is 5.69 Å². The van der Waals surface area contributed by atoms with E-state index in [1.165, 1.54) is 24.3 Å². The van der Waals surface area contributed by atoms with Crippen LogP contribution in [0.3, 0.4) is 0 Å². The lowest BCUT2D eigenvalue weighted by Crippen LogP contribution is -2.30. The van der Waals surface area contributed by atoms with E-state index >= 15 is 0 Å². The number of amides is 1. The smallest absolute Gasteiger partial charge is 0.305 e. The fourth-order valence-electron chi connectivity index (χ4n) is 2.71. The SMILES string of the molecule is Cc1ccc([C@H](CC(=O)O)NC(=O)c2cc(O)n(-c3ccc(F)cc3)n2)cc1. The van der Waals surface area contributed by atoms with E-state index in [0.29, 0.717) is 11.3 Å². The summed E-state index contributed by atoms with van der Waals surface area (Å²) in [5, 5.41) is 25.9. The molecule has 0 saturated carbocycles. The molecule has 28 heavy (non-hydrogen) atoms. The summed E-state index contributed by atoms with van der Waals surface area (Å²) in [5.74, 6) is -2.45. The van der Waals surface area contributed by atoms with Crippen molar-refractivity contribution in [2.24, 2.45) is 0 Å². The second kappa shape index (κ2) is 7.91. The lowest BCUT2D eigenvalue weighted by atomic mass is 10.0. The molecule has 144 valence electrons. The van der Waals surface area contributed by atoms with Gasteiger partial charge in [0.1, 0.15) is 5.82 Å². The number of nitrogens with one attached hydrogen (secondary N) is 1. The number of halogens is 1. The number of carboxylic acids is 1. The molecule has 3 rings (SSSR count). The molecule has 0 aliphatic heterocycles. The van der Waals surface area contributed by atoms with Crippen LogP contribution in [-0.4, -0.2) is 31.9 Å². The Kier molecular flexibility index (Phi) is 5.39. The van der Waals surface area contributed by atoms with Gasteiger partial charge in [0.2, 0.25) is 5.88 Å². The minimum atomic E-state index is -1.06. The van der Waals surface area contributed by atoms with Crippen molar-refractivity contribution in [2.45, 2.75) is 19.4 Å². The number of rotatable bonds is 6. The Morgan fingerprint density at radius 2 is 1.79 bits per heavy atom. The minimum absolute atomic E-state index is 0.0932. The molecule has 0 fully saturated rings. The van der Waals surface area contributed by atoms with Gasteiger partial charge in [-0.2, -0.15) is 5.10 Å². The maximum absolute atomic E-state index is 13.1. The van der Waals surface area contributed by atoms with E-state index in [-0.39, 0.29) is 18.0 Å². The average Bonchev–Trinajstić information content (AvgIpc) is 3.04. The van der Waals surface area contributed by atoms with E-state index < -0.39 is 23.7 Å². The Hall–Kier alpha value is -3.68. The van der Waals surface area contributed by atoms with Gasteiger partial charge in [-0.3, -0.25) is 9.59 Å². The van der Waals surface area contributed by atoms with Gasteiger partial charge in [0, 0.05) is 6.07 Å². The van der Waals surface area contributed by atoms with Crippen LogP contribution in [0, 0.1) is 12.7 Å². The van der Waals surface area contributed by atoms with E-state index in [4.69, 9.17) is 5.11 Å². The van der Waals surface area contributed by atoms with Crippen molar-refractivity contribution >= 4 is 11.9 Å². The van der Waals surface area contributed by atoms with E-state index in [9.17, 15) is 19.1 Å². The summed E-state index contributed by atoms with van der Waals surface area (Å²) in [7, 11) is 0. The first-order chi connectivity index (χ1) is 13.3. The highest BCUT2D eigenvalue weighted by atomic mass is 19.1. The summed E-state index contributed by atoms with van der Waals surface area (Å²) in [6.45, 7) is 1.90. The van der Waals surface area contributed by atoms with Gasteiger partial charge >= 0.3 is 5.97 Å². The highest BCUT2D eigenvalue weighted by Crippen LogP contribution is 2.21. The number of carbonyl (C=O) groups excluding carboxylic acids is 1. The summed E-state index contributed by atoms with van der Waals surface area (Å²) in [6, 6.07) is 12.8. The van der Waals surface area contributed by atoms with Gasteiger partial charge in [-0.25, -0.2) is 9.07 Å². The van der Waals surface area contributed by atoms with Gasteiger partial charge in [-0.05, 0) is 36.8 Å². The molecule has 1 amide bonds. The maximum Gasteiger partial charge on any atom is 0.305 e. The molecule has 0 unspecified atom stereocenters. The average molecular weight is 383 g/mol. The highest BCUT2D eigenvalue weighted by Gasteiger charge is 2.22. The second-order valence-corrected chi connectivity index (χ2v) is 6.31. The number of aryl methyl sites for hydroxylation is 1. The highest BCUT2D eigenvalue weighted by molar-refractivity contribution is 5.93. The van der Waals surface area contributed by atoms with Gasteiger partial charge < -0.3 is 15.5 Å². The van der Waals surface area contributed by atoms with Gasteiger partial charge in [0.25, 0.3) is 5.91 Å². The van der Waals surface area contributed by atoms with Gasteiger partial charge in [0.15, 0.2) is 5.69 Å². The molecule has 1 atom stereocenters. The molecular formula is C20H18FN3O4. The second-order valence-electron chi connectivity index (χ2n) is 6.31. The summed E-state index contributed by atoms with van der Waals surface area (Å²) >= 11 is 0. The van der Waals surface area contributed by atoms with Gasteiger partial charge in [-0.15, -0.1) is 0 Å². The fourth-order valence-corrected chi connectivity index (χ4v) is 2.71. The summed E-state index contributed by atoms with van der Waals surface area (Å²) in [5.41, 5.74) is 1.93. The molecule has 2 aromatic carbocycles. The first-order valence-electron chi connectivity index (χ1n) is 8.47. The van der Waals surface area contributed by atoms with Crippen molar-refractivity contribution in [3.8, 4) is 11.6 Å². The zero-order chi connectivity index (χ0) is 20.3. The third kappa shape index (κ3) is 4.35. The Bertz CT molecular complexity index is 997. The van der Waals surface area contributed by atoms with Crippen molar-refractivity contribution in [3.05, 3.63) is 77.2 Å². The number of carbonyl (C=O) groups is 2. The number of benzene rings is 2. The molecule has 0 radical (unpaired) electrons. The molecule has 0 aliphatic rings. The monoisotopic (exact) mass is 383 g/mol. The first kappa shape index (κ1) is 19.1. The van der Waals surface area contributed by atoms with E-state index in [1.807, 2.05) is 19.1 Å². The van der Waals surface area contributed by atoms with Crippen LogP contribution in [0.4, 0.5) is 4.39 Å². The molecular weight excluding hydrogens is 365 g/mol. The van der Waals surface area contributed by atoms with Crippen molar-refractivity contribution in [1.29, 1.82) is 0 Å².